The summed E-state index contributed by atoms with van der Waals surface area (Å²) in [6.45, 7) is 2.10. The maximum absolute atomic E-state index is 13.1. The monoisotopic (exact) mass is 485 g/mol. The van der Waals surface area contributed by atoms with Crippen molar-refractivity contribution in [3.05, 3.63) is 92.9 Å². The van der Waals surface area contributed by atoms with Crippen LogP contribution in [0.25, 0.3) is 5.76 Å². The molecule has 1 fully saturated rings. The molecular weight excluding hydrogens is 465 g/mol. The summed E-state index contributed by atoms with van der Waals surface area (Å²) in [5.41, 5.74) is 1.95. The van der Waals surface area contributed by atoms with E-state index in [4.69, 9.17) is 32.4 Å². The van der Waals surface area contributed by atoms with E-state index in [-0.39, 0.29) is 39.2 Å². The third kappa shape index (κ3) is 4.24. The standard InChI is InChI=1S/C25H21Cl2NO5/c1-3-14-6-8-15(9-7-14)21-20(22(29)16-11-18(26)24(32-2)19(27)12-16)23(30)25(31)28(21)13-17-5-4-10-33-17/h4-12,21,29H,3,13H2,1-2H3/b22-20+. The van der Waals surface area contributed by atoms with Gasteiger partial charge in [-0.25, -0.2) is 0 Å². The zero-order chi connectivity index (χ0) is 23.7. The maximum atomic E-state index is 13.1. The Labute approximate surface area is 201 Å². The van der Waals surface area contributed by atoms with Crippen LogP contribution in [0.5, 0.6) is 5.75 Å². The highest BCUT2D eigenvalue weighted by atomic mass is 35.5. The highest BCUT2D eigenvalue weighted by Crippen LogP contribution is 2.42. The van der Waals surface area contributed by atoms with E-state index < -0.39 is 17.7 Å². The number of methoxy groups -OCH3 is 1. The Bertz CT molecular complexity index is 1210. The van der Waals surface area contributed by atoms with Gasteiger partial charge in [-0.15, -0.1) is 0 Å². The summed E-state index contributed by atoms with van der Waals surface area (Å²) in [5.74, 6) is -1.14. The molecule has 1 unspecified atom stereocenters. The van der Waals surface area contributed by atoms with Crippen molar-refractivity contribution < 1.29 is 23.8 Å². The van der Waals surface area contributed by atoms with E-state index in [0.29, 0.717) is 11.3 Å². The molecule has 1 aliphatic rings. The van der Waals surface area contributed by atoms with Crippen molar-refractivity contribution >= 4 is 40.7 Å². The number of furan rings is 1. The second kappa shape index (κ2) is 9.33. The summed E-state index contributed by atoms with van der Waals surface area (Å²) in [6, 6.07) is 13.1. The average Bonchev–Trinajstić information content (AvgIpc) is 3.41. The molecule has 1 amide bonds. The molecule has 0 bridgehead atoms. The Morgan fingerprint density at radius 3 is 2.33 bits per heavy atom. The number of Topliss-reactive ketones (excluding diaryl/α,β-unsaturated/α-hetero) is 1. The van der Waals surface area contributed by atoms with Crippen molar-refractivity contribution in [1.82, 2.24) is 4.90 Å². The molecule has 0 radical (unpaired) electrons. The molecule has 2 heterocycles. The minimum absolute atomic E-state index is 0.0481. The first-order valence-electron chi connectivity index (χ1n) is 10.3. The number of nitrogens with zero attached hydrogens (tertiary/aromatic N) is 1. The number of carbonyl (C=O) groups excluding carboxylic acids is 2. The number of aliphatic hydroxyl groups is 1. The minimum Gasteiger partial charge on any atom is -0.507 e. The van der Waals surface area contributed by atoms with Crippen molar-refractivity contribution in [1.29, 1.82) is 0 Å². The normalized spacial score (nSPS) is 17.6. The van der Waals surface area contributed by atoms with Crippen LogP contribution >= 0.6 is 23.2 Å². The highest BCUT2D eigenvalue weighted by molar-refractivity contribution is 6.46. The molecule has 0 saturated carbocycles. The Hall–Kier alpha value is -3.22. The predicted octanol–water partition coefficient (Wildman–Crippen LogP) is 5.78. The van der Waals surface area contributed by atoms with E-state index in [0.717, 1.165) is 12.0 Å². The topological polar surface area (TPSA) is 80.0 Å². The lowest BCUT2D eigenvalue weighted by molar-refractivity contribution is -0.140. The Balaban J connectivity index is 1.88. The van der Waals surface area contributed by atoms with Crippen molar-refractivity contribution in [2.24, 2.45) is 0 Å². The van der Waals surface area contributed by atoms with Gasteiger partial charge < -0.3 is 19.2 Å². The number of hydrogen-bond donors (Lipinski definition) is 1. The van der Waals surface area contributed by atoms with Crippen molar-refractivity contribution in [3.63, 3.8) is 0 Å². The minimum atomic E-state index is -0.819. The van der Waals surface area contributed by atoms with Crippen LogP contribution in [0, 0.1) is 0 Å². The molecule has 2 aromatic carbocycles. The van der Waals surface area contributed by atoms with Gasteiger partial charge in [-0.3, -0.25) is 9.59 Å². The third-order valence-corrected chi connectivity index (χ3v) is 6.19. The van der Waals surface area contributed by atoms with Gasteiger partial charge >= 0.3 is 0 Å². The molecule has 3 aromatic rings. The summed E-state index contributed by atoms with van der Waals surface area (Å²) in [6.07, 6.45) is 2.34. The van der Waals surface area contributed by atoms with Gasteiger partial charge in [-0.05, 0) is 41.8 Å². The number of carbonyl (C=O) groups is 2. The summed E-state index contributed by atoms with van der Waals surface area (Å²) in [4.78, 5) is 27.6. The molecule has 1 aromatic heterocycles. The van der Waals surface area contributed by atoms with Crippen LogP contribution in [-0.2, 0) is 22.6 Å². The van der Waals surface area contributed by atoms with E-state index >= 15 is 0 Å². The van der Waals surface area contributed by atoms with Crippen molar-refractivity contribution in [2.45, 2.75) is 25.9 Å². The van der Waals surface area contributed by atoms with Gasteiger partial charge in [0, 0.05) is 5.56 Å². The number of benzene rings is 2. The van der Waals surface area contributed by atoms with E-state index in [1.54, 1.807) is 12.1 Å². The molecule has 1 N–H and O–H groups in total. The van der Waals surface area contributed by atoms with Crippen LogP contribution in [-0.4, -0.2) is 28.8 Å². The number of ketones is 1. The van der Waals surface area contributed by atoms with E-state index in [1.165, 1.54) is 30.4 Å². The smallest absolute Gasteiger partial charge is 0.296 e. The van der Waals surface area contributed by atoms with Gasteiger partial charge in [-0.1, -0.05) is 54.4 Å². The highest BCUT2D eigenvalue weighted by Gasteiger charge is 2.46. The number of rotatable bonds is 6. The SMILES string of the molecule is CCc1ccc(C2/C(=C(\O)c3cc(Cl)c(OC)c(Cl)c3)C(=O)C(=O)N2Cc2ccco2)cc1. The lowest BCUT2D eigenvalue weighted by Crippen LogP contribution is -2.29. The molecule has 1 aliphatic heterocycles. The maximum Gasteiger partial charge on any atom is 0.296 e. The fourth-order valence-corrected chi connectivity index (χ4v) is 4.58. The third-order valence-electron chi connectivity index (χ3n) is 5.63. The van der Waals surface area contributed by atoms with Crippen LogP contribution in [0.4, 0.5) is 0 Å². The van der Waals surface area contributed by atoms with Crippen LogP contribution in [0.1, 0.15) is 35.4 Å². The fraction of sp³-hybridized carbons (Fsp3) is 0.200. The van der Waals surface area contributed by atoms with E-state index in [2.05, 4.69) is 0 Å². The predicted molar refractivity (Wildman–Crippen MR) is 125 cm³/mol. The van der Waals surface area contributed by atoms with E-state index in [1.807, 2.05) is 31.2 Å². The van der Waals surface area contributed by atoms with E-state index in [9.17, 15) is 14.7 Å². The van der Waals surface area contributed by atoms with Gasteiger partial charge in [0.25, 0.3) is 11.7 Å². The second-order valence-corrected chi connectivity index (χ2v) is 8.39. The summed E-state index contributed by atoms with van der Waals surface area (Å²) in [5, 5.41) is 11.5. The molecule has 0 aliphatic carbocycles. The lowest BCUT2D eigenvalue weighted by Gasteiger charge is -2.24. The number of aryl methyl sites for hydroxylation is 1. The zero-order valence-corrected chi connectivity index (χ0v) is 19.5. The number of ether oxygens (including phenoxy) is 1. The molecule has 1 atom stereocenters. The summed E-state index contributed by atoms with van der Waals surface area (Å²) < 4.78 is 10.6. The fourth-order valence-electron chi connectivity index (χ4n) is 3.94. The molecule has 8 heteroatoms. The van der Waals surface area contributed by atoms with Crippen LogP contribution in [0.3, 0.4) is 0 Å². The average molecular weight is 486 g/mol. The molecule has 6 nitrogen and oxygen atoms in total. The summed E-state index contributed by atoms with van der Waals surface area (Å²) >= 11 is 12.5. The molecule has 0 spiro atoms. The number of halogens is 2. The zero-order valence-electron chi connectivity index (χ0n) is 18.0. The molecular formula is C25H21Cl2NO5. The largest absolute Gasteiger partial charge is 0.507 e. The van der Waals surface area contributed by atoms with Crippen molar-refractivity contribution in [3.8, 4) is 5.75 Å². The first-order chi connectivity index (χ1) is 15.8. The lowest BCUT2D eigenvalue weighted by atomic mass is 9.94. The van der Waals surface area contributed by atoms with Gasteiger partial charge in [-0.2, -0.15) is 0 Å². The number of likely N-dealkylation sites (tertiary alicyclic amines) is 1. The van der Waals surface area contributed by atoms with Crippen molar-refractivity contribution in [2.75, 3.05) is 7.11 Å². The van der Waals surface area contributed by atoms with Gasteiger partial charge in [0.2, 0.25) is 0 Å². The van der Waals surface area contributed by atoms with Gasteiger partial charge in [0.05, 0.1) is 41.6 Å². The number of aliphatic hydroxyl groups excluding tert-OH is 1. The Kier molecular flexibility index (Phi) is 6.49. The van der Waals surface area contributed by atoms with Crippen LogP contribution < -0.4 is 4.74 Å². The van der Waals surface area contributed by atoms with Gasteiger partial charge in [0.1, 0.15) is 11.5 Å². The second-order valence-electron chi connectivity index (χ2n) is 7.57. The number of hydrogen-bond acceptors (Lipinski definition) is 5. The quantitative estimate of drug-likeness (QED) is 0.272. The molecule has 33 heavy (non-hydrogen) atoms. The Morgan fingerprint density at radius 2 is 1.79 bits per heavy atom. The van der Waals surface area contributed by atoms with Crippen LogP contribution in [0.2, 0.25) is 10.0 Å². The molecule has 170 valence electrons. The first-order valence-corrected chi connectivity index (χ1v) is 11.0. The molecule has 4 rings (SSSR count). The number of amides is 1. The summed E-state index contributed by atoms with van der Waals surface area (Å²) in [7, 11) is 1.42. The molecule has 1 saturated heterocycles. The van der Waals surface area contributed by atoms with Crippen LogP contribution in [0.15, 0.2) is 64.8 Å². The first kappa shape index (κ1) is 23.0. The van der Waals surface area contributed by atoms with Gasteiger partial charge in [0.15, 0.2) is 5.75 Å². The Morgan fingerprint density at radius 1 is 1.12 bits per heavy atom.